The average Bonchev–Trinajstić information content (AvgIpc) is 2.77. The molecule has 0 bridgehead atoms. The summed E-state index contributed by atoms with van der Waals surface area (Å²) >= 11 is 7.43. The first kappa shape index (κ1) is 25.2. The number of thioether (sulfide) groups is 1. The van der Waals surface area contributed by atoms with Crippen LogP contribution in [-0.4, -0.2) is 90.2 Å². The number of hydrogen-bond acceptors (Lipinski definition) is 7. The molecule has 1 saturated heterocycles. The Morgan fingerprint density at radius 3 is 2.73 bits per heavy atom. The number of halogens is 2. The predicted octanol–water partition coefficient (Wildman–Crippen LogP) is 2.39. The number of carbonyl (C=O) groups excluding carboxylic acids is 2. The molecule has 1 atom stereocenters. The summed E-state index contributed by atoms with van der Waals surface area (Å²) < 4.78 is 14.1. The van der Waals surface area contributed by atoms with Crippen molar-refractivity contribution >= 4 is 41.0 Å². The van der Waals surface area contributed by atoms with E-state index >= 15 is 0 Å². The third kappa shape index (κ3) is 7.02. The van der Waals surface area contributed by atoms with E-state index in [0.29, 0.717) is 37.2 Å². The van der Waals surface area contributed by atoms with Gasteiger partial charge in [0, 0.05) is 44.8 Å². The van der Waals surface area contributed by atoms with E-state index in [-0.39, 0.29) is 34.3 Å². The van der Waals surface area contributed by atoms with Gasteiger partial charge in [-0.25, -0.2) is 14.4 Å². The molecule has 2 aromatic rings. The highest BCUT2D eigenvalue weighted by atomic mass is 35.5. The van der Waals surface area contributed by atoms with E-state index in [1.165, 1.54) is 23.9 Å². The SMILES string of the molecule is CC1CN(c2cc(Cl)nc(SCC(=O)NCCN(C)C)n2)CCN1C(=O)c1ccccc1F. The lowest BCUT2D eigenvalue weighted by Crippen LogP contribution is -2.54. The highest BCUT2D eigenvalue weighted by Gasteiger charge is 2.30. The summed E-state index contributed by atoms with van der Waals surface area (Å²) in [6.07, 6.45) is 0. The second kappa shape index (κ2) is 11.6. The minimum Gasteiger partial charge on any atom is -0.354 e. The maximum absolute atomic E-state index is 14.1. The molecule has 0 saturated carbocycles. The monoisotopic (exact) mass is 494 g/mol. The van der Waals surface area contributed by atoms with Crippen LogP contribution in [0.25, 0.3) is 0 Å². The summed E-state index contributed by atoms with van der Waals surface area (Å²) in [6, 6.07) is 7.53. The Labute approximate surface area is 202 Å². The second-order valence-electron chi connectivity index (χ2n) is 8.05. The largest absolute Gasteiger partial charge is 0.354 e. The minimum absolute atomic E-state index is 0.0745. The summed E-state index contributed by atoms with van der Waals surface area (Å²) in [7, 11) is 3.89. The number of nitrogens with zero attached hydrogens (tertiary/aromatic N) is 5. The number of amides is 2. The second-order valence-corrected chi connectivity index (χ2v) is 9.38. The van der Waals surface area contributed by atoms with Gasteiger partial charge in [0.05, 0.1) is 11.3 Å². The van der Waals surface area contributed by atoms with Crippen LogP contribution in [0.15, 0.2) is 35.5 Å². The van der Waals surface area contributed by atoms with Crippen LogP contribution < -0.4 is 10.2 Å². The lowest BCUT2D eigenvalue weighted by atomic mass is 10.1. The third-order valence-electron chi connectivity index (χ3n) is 5.19. The zero-order valence-corrected chi connectivity index (χ0v) is 20.5. The summed E-state index contributed by atoms with van der Waals surface area (Å²) in [4.78, 5) is 39.3. The molecule has 1 aromatic carbocycles. The van der Waals surface area contributed by atoms with Crippen LogP contribution in [0.1, 0.15) is 17.3 Å². The van der Waals surface area contributed by atoms with Gasteiger partial charge in [-0.05, 0) is 33.2 Å². The molecule has 1 unspecified atom stereocenters. The number of rotatable bonds is 8. The molecule has 2 amide bonds. The quantitative estimate of drug-likeness (QED) is 0.343. The molecule has 1 N–H and O–H groups in total. The summed E-state index contributed by atoms with van der Waals surface area (Å²) in [6.45, 7) is 4.71. The van der Waals surface area contributed by atoms with Crippen LogP contribution in [0.4, 0.5) is 10.2 Å². The van der Waals surface area contributed by atoms with Gasteiger partial charge in [0.1, 0.15) is 16.8 Å². The van der Waals surface area contributed by atoms with Crippen molar-refractivity contribution in [2.45, 2.75) is 18.1 Å². The molecule has 1 fully saturated rings. The normalized spacial score (nSPS) is 16.2. The van der Waals surface area contributed by atoms with Crippen molar-refractivity contribution in [2.75, 3.05) is 57.5 Å². The number of hydrogen-bond donors (Lipinski definition) is 1. The molecule has 33 heavy (non-hydrogen) atoms. The van der Waals surface area contributed by atoms with Crippen molar-refractivity contribution in [2.24, 2.45) is 0 Å². The summed E-state index contributed by atoms with van der Waals surface area (Å²) in [5, 5.41) is 3.55. The van der Waals surface area contributed by atoms with Crippen LogP contribution in [0, 0.1) is 5.82 Å². The van der Waals surface area contributed by atoms with Gasteiger partial charge in [-0.15, -0.1) is 0 Å². The number of likely N-dealkylation sites (N-methyl/N-ethyl adjacent to an activating group) is 1. The predicted molar refractivity (Wildman–Crippen MR) is 128 cm³/mol. The highest BCUT2D eigenvalue weighted by Crippen LogP contribution is 2.25. The van der Waals surface area contributed by atoms with Crippen molar-refractivity contribution in [1.82, 2.24) is 25.1 Å². The van der Waals surface area contributed by atoms with Crippen LogP contribution in [-0.2, 0) is 4.79 Å². The van der Waals surface area contributed by atoms with Crippen molar-refractivity contribution in [3.63, 3.8) is 0 Å². The van der Waals surface area contributed by atoms with E-state index in [1.54, 1.807) is 23.1 Å². The third-order valence-corrected chi connectivity index (χ3v) is 6.23. The number of anilines is 1. The molecule has 2 heterocycles. The van der Waals surface area contributed by atoms with Crippen molar-refractivity contribution in [3.05, 3.63) is 46.9 Å². The summed E-state index contributed by atoms with van der Waals surface area (Å²) in [5.74, 6) is -0.116. The fourth-order valence-electron chi connectivity index (χ4n) is 3.47. The van der Waals surface area contributed by atoms with E-state index in [1.807, 2.05) is 30.8 Å². The molecule has 1 aromatic heterocycles. The summed E-state index contributed by atoms with van der Waals surface area (Å²) in [5.41, 5.74) is 0.0745. The number of piperazine rings is 1. The van der Waals surface area contributed by atoms with Crippen LogP contribution in [0.2, 0.25) is 5.15 Å². The first-order valence-corrected chi connectivity index (χ1v) is 12.0. The molecule has 1 aliphatic rings. The Bertz CT molecular complexity index is 995. The maximum atomic E-state index is 14.1. The van der Waals surface area contributed by atoms with Crippen molar-refractivity contribution < 1.29 is 14.0 Å². The van der Waals surface area contributed by atoms with Crippen molar-refractivity contribution in [1.29, 1.82) is 0 Å². The Morgan fingerprint density at radius 2 is 2.03 bits per heavy atom. The molecule has 1 aliphatic heterocycles. The van der Waals surface area contributed by atoms with Crippen molar-refractivity contribution in [3.8, 4) is 0 Å². The minimum atomic E-state index is -0.521. The highest BCUT2D eigenvalue weighted by molar-refractivity contribution is 7.99. The van der Waals surface area contributed by atoms with E-state index < -0.39 is 5.82 Å². The van der Waals surface area contributed by atoms with Crippen LogP contribution in [0.3, 0.4) is 0 Å². The van der Waals surface area contributed by atoms with Crippen LogP contribution in [0.5, 0.6) is 0 Å². The molecule has 0 aliphatic carbocycles. The van der Waals surface area contributed by atoms with Gasteiger partial charge in [0.25, 0.3) is 5.91 Å². The standard InChI is InChI=1S/C22H28ClFN6O2S/c1-15-13-29(10-11-30(15)21(32)16-6-4-5-7-17(16)24)19-12-18(23)26-22(27-19)33-14-20(31)25-8-9-28(2)3/h4-7,12,15H,8-11,13-14H2,1-3H3,(H,25,31). The number of nitrogens with one attached hydrogen (secondary N) is 1. The van der Waals surface area contributed by atoms with E-state index in [0.717, 1.165) is 6.54 Å². The Hall–Kier alpha value is -2.43. The van der Waals surface area contributed by atoms with Gasteiger partial charge in [-0.2, -0.15) is 0 Å². The smallest absolute Gasteiger partial charge is 0.257 e. The van der Waals surface area contributed by atoms with Gasteiger partial charge in [0.2, 0.25) is 5.91 Å². The zero-order valence-electron chi connectivity index (χ0n) is 18.9. The number of benzene rings is 1. The van der Waals surface area contributed by atoms with Gasteiger partial charge in [0.15, 0.2) is 5.16 Å². The lowest BCUT2D eigenvalue weighted by Gasteiger charge is -2.40. The zero-order chi connectivity index (χ0) is 24.0. The number of carbonyl (C=O) groups is 2. The Morgan fingerprint density at radius 1 is 1.27 bits per heavy atom. The molecule has 11 heteroatoms. The maximum Gasteiger partial charge on any atom is 0.257 e. The van der Waals surface area contributed by atoms with E-state index in [4.69, 9.17) is 11.6 Å². The van der Waals surface area contributed by atoms with Gasteiger partial charge in [-0.1, -0.05) is 35.5 Å². The Kier molecular flexibility index (Phi) is 8.87. The van der Waals surface area contributed by atoms with Crippen LogP contribution >= 0.6 is 23.4 Å². The molecule has 3 rings (SSSR count). The van der Waals surface area contributed by atoms with E-state index in [2.05, 4.69) is 15.3 Å². The van der Waals surface area contributed by atoms with Gasteiger partial charge < -0.3 is 20.0 Å². The first-order valence-electron chi connectivity index (χ1n) is 10.6. The molecule has 8 nitrogen and oxygen atoms in total. The fraction of sp³-hybridized carbons (Fsp3) is 0.455. The first-order chi connectivity index (χ1) is 15.7. The van der Waals surface area contributed by atoms with Gasteiger partial charge >= 0.3 is 0 Å². The average molecular weight is 495 g/mol. The fourth-order valence-corrected chi connectivity index (χ4v) is 4.38. The molecule has 0 spiro atoms. The van der Waals surface area contributed by atoms with Gasteiger partial charge in [-0.3, -0.25) is 9.59 Å². The number of aromatic nitrogens is 2. The molecule has 0 radical (unpaired) electrons. The Balaban J connectivity index is 1.60. The lowest BCUT2D eigenvalue weighted by molar-refractivity contribution is -0.118. The molecular formula is C22H28ClFN6O2S. The van der Waals surface area contributed by atoms with E-state index in [9.17, 15) is 14.0 Å². The molecular weight excluding hydrogens is 467 g/mol. The molecule has 178 valence electrons. The topological polar surface area (TPSA) is 81.7 Å².